The molecule has 0 saturated carbocycles. The van der Waals surface area contributed by atoms with Crippen molar-refractivity contribution in [3.05, 3.63) is 66.0 Å². The van der Waals surface area contributed by atoms with Crippen LogP contribution in [0.15, 0.2) is 59.9 Å². The molecule has 4 aromatic rings. The van der Waals surface area contributed by atoms with E-state index < -0.39 is 9.84 Å². The van der Waals surface area contributed by atoms with Crippen LogP contribution >= 0.6 is 0 Å². The average Bonchev–Trinajstić information content (AvgIpc) is 3.50. The number of ether oxygens (including phenoxy) is 1. The molecular formula is C26H26N4O5S. The highest BCUT2D eigenvalue weighted by Crippen LogP contribution is 2.41. The Morgan fingerprint density at radius 1 is 1.17 bits per heavy atom. The number of aliphatic hydroxyl groups excluding tert-OH is 1. The second-order valence-corrected chi connectivity index (χ2v) is 10.9. The van der Waals surface area contributed by atoms with Crippen LogP contribution in [0.4, 0.5) is 0 Å². The van der Waals surface area contributed by atoms with E-state index in [-0.39, 0.29) is 23.6 Å². The predicted molar refractivity (Wildman–Crippen MR) is 134 cm³/mol. The Morgan fingerprint density at radius 2 is 2.00 bits per heavy atom. The Balaban J connectivity index is 1.58. The average molecular weight is 507 g/mol. The van der Waals surface area contributed by atoms with Gasteiger partial charge in [0.1, 0.15) is 11.5 Å². The van der Waals surface area contributed by atoms with Crippen molar-refractivity contribution in [2.24, 2.45) is 0 Å². The highest BCUT2D eigenvalue weighted by molar-refractivity contribution is 7.90. The normalized spacial score (nSPS) is 16.0. The molecule has 1 atom stereocenters. The number of carbonyl (C=O) groups is 1. The van der Waals surface area contributed by atoms with Gasteiger partial charge in [-0.05, 0) is 54.8 Å². The number of benzene rings is 1. The molecule has 36 heavy (non-hydrogen) atoms. The third kappa shape index (κ3) is 4.69. The Hall–Kier alpha value is -3.76. The summed E-state index contributed by atoms with van der Waals surface area (Å²) in [5.41, 5.74) is 4.01. The fourth-order valence-corrected chi connectivity index (χ4v) is 5.14. The van der Waals surface area contributed by atoms with E-state index >= 15 is 0 Å². The zero-order chi connectivity index (χ0) is 25.4. The number of nitrogens with zero attached hydrogens (tertiary/aromatic N) is 3. The Morgan fingerprint density at radius 3 is 2.64 bits per heavy atom. The number of likely N-dealkylation sites (tertiary alicyclic amines) is 1. The lowest BCUT2D eigenvalue weighted by atomic mass is 10.0. The van der Waals surface area contributed by atoms with Crippen molar-refractivity contribution in [2.45, 2.75) is 37.4 Å². The molecule has 1 aliphatic rings. The number of fused-ring (bicyclic) bond motifs is 1. The van der Waals surface area contributed by atoms with Crippen molar-refractivity contribution in [2.75, 3.05) is 12.8 Å². The molecule has 0 aliphatic carbocycles. The number of hydrogen-bond acceptors (Lipinski definition) is 7. The summed E-state index contributed by atoms with van der Waals surface area (Å²) in [6.45, 7) is 2.18. The quantitative estimate of drug-likeness (QED) is 0.405. The van der Waals surface area contributed by atoms with Gasteiger partial charge in [0.25, 0.3) is 0 Å². The summed E-state index contributed by atoms with van der Waals surface area (Å²) >= 11 is 0. The maximum atomic E-state index is 12.3. The summed E-state index contributed by atoms with van der Waals surface area (Å²) in [5.74, 6) is 0.971. The first-order valence-corrected chi connectivity index (χ1v) is 13.5. The van der Waals surface area contributed by atoms with Crippen LogP contribution in [0.25, 0.3) is 22.3 Å². The molecule has 2 N–H and O–H groups in total. The van der Waals surface area contributed by atoms with E-state index in [1.165, 1.54) is 12.3 Å². The molecule has 1 amide bonds. The van der Waals surface area contributed by atoms with Gasteiger partial charge in [0, 0.05) is 42.4 Å². The van der Waals surface area contributed by atoms with Crippen molar-refractivity contribution in [3.8, 4) is 22.9 Å². The fourth-order valence-electron chi connectivity index (χ4n) is 4.58. The predicted octanol–water partition coefficient (Wildman–Crippen LogP) is 4.00. The van der Waals surface area contributed by atoms with E-state index in [0.717, 1.165) is 52.5 Å². The number of nitrogens with one attached hydrogen (secondary N) is 1. The van der Waals surface area contributed by atoms with Gasteiger partial charge in [-0.3, -0.25) is 9.78 Å². The zero-order valence-electron chi connectivity index (χ0n) is 19.9. The number of sulfone groups is 1. The molecule has 1 saturated heterocycles. The third-order valence-electron chi connectivity index (χ3n) is 6.37. The van der Waals surface area contributed by atoms with Gasteiger partial charge in [0.2, 0.25) is 5.91 Å². The summed E-state index contributed by atoms with van der Waals surface area (Å²) in [6.07, 6.45) is 5.83. The van der Waals surface area contributed by atoms with Crippen molar-refractivity contribution >= 4 is 26.6 Å². The summed E-state index contributed by atoms with van der Waals surface area (Å²) in [6, 6.07) is 12.4. The number of aromatic amines is 1. The summed E-state index contributed by atoms with van der Waals surface area (Å²) < 4.78 is 29.8. The van der Waals surface area contributed by atoms with Gasteiger partial charge in [-0.2, -0.15) is 0 Å². The van der Waals surface area contributed by atoms with E-state index in [1.54, 1.807) is 19.2 Å². The Labute approximate surface area is 208 Å². The molecule has 9 nitrogen and oxygen atoms in total. The highest BCUT2D eigenvalue weighted by atomic mass is 32.2. The van der Waals surface area contributed by atoms with E-state index in [4.69, 9.17) is 4.74 Å². The smallest absolute Gasteiger partial charge is 0.219 e. The first-order chi connectivity index (χ1) is 17.2. The van der Waals surface area contributed by atoms with Gasteiger partial charge >= 0.3 is 0 Å². The van der Waals surface area contributed by atoms with Crippen LogP contribution in [-0.4, -0.2) is 52.1 Å². The molecule has 0 radical (unpaired) electrons. The van der Waals surface area contributed by atoms with Gasteiger partial charge in [0.05, 0.1) is 30.2 Å². The summed E-state index contributed by atoms with van der Waals surface area (Å²) in [4.78, 5) is 26.0. The zero-order valence-corrected chi connectivity index (χ0v) is 20.7. The maximum Gasteiger partial charge on any atom is 0.219 e. The molecule has 10 heteroatoms. The summed E-state index contributed by atoms with van der Waals surface area (Å²) in [5, 5.41) is 10.2. The van der Waals surface area contributed by atoms with Crippen LogP contribution in [-0.2, 0) is 21.2 Å². The van der Waals surface area contributed by atoms with Gasteiger partial charge < -0.3 is 19.7 Å². The van der Waals surface area contributed by atoms with Crippen LogP contribution in [0, 0.1) is 0 Å². The number of pyridine rings is 2. The minimum atomic E-state index is -3.42. The lowest BCUT2D eigenvalue weighted by molar-refractivity contribution is -0.129. The van der Waals surface area contributed by atoms with E-state index in [1.807, 2.05) is 35.2 Å². The molecule has 0 bridgehead atoms. The molecule has 0 spiro atoms. The summed E-state index contributed by atoms with van der Waals surface area (Å²) in [7, 11) is -3.42. The van der Waals surface area contributed by atoms with Gasteiger partial charge in [-0.15, -0.1) is 0 Å². The van der Waals surface area contributed by atoms with Gasteiger partial charge in [0.15, 0.2) is 14.9 Å². The second-order valence-electron chi connectivity index (χ2n) is 8.95. The van der Waals surface area contributed by atoms with Crippen LogP contribution < -0.4 is 4.74 Å². The molecule has 186 valence electrons. The lowest BCUT2D eigenvalue weighted by Gasteiger charge is -2.25. The number of aromatic nitrogens is 3. The SMILES string of the molecule is CC(=O)N1CCCC1c1cc2[nH]c(-c3ccc(CO)cn3)cc2cc1Oc1ccc(S(C)(=O)=O)nc1. The fraction of sp³-hybridized carbons (Fsp3) is 0.269. The number of rotatable bonds is 6. The topological polar surface area (TPSA) is 125 Å². The first kappa shape index (κ1) is 24.0. The van der Waals surface area contributed by atoms with E-state index in [0.29, 0.717) is 18.0 Å². The molecule has 3 aromatic heterocycles. The minimum Gasteiger partial charge on any atom is -0.455 e. The number of hydrogen-bond donors (Lipinski definition) is 2. The minimum absolute atomic E-state index is 0.00284. The van der Waals surface area contributed by atoms with E-state index in [2.05, 4.69) is 15.0 Å². The largest absolute Gasteiger partial charge is 0.455 e. The molecule has 1 aromatic carbocycles. The van der Waals surface area contributed by atoms with Crippen LogP contribution in [0.2, 0.25) is 0 Å². The first-order valence-electron chi connectivity index (χ1n) is 11.6. The molecule has 1 unspecified atom stereocenters. The van der Waals surface area contributed by atoms with Crippen LogP contribution in [0.1, 0.15) is 36.9 Å². The molecule has 1 fully saturated rings. The van der Waals surface area contributed by atoms with Crippen molar-refractivity contribution in [1.29, 1.82) is 0 Å². The van der Waals surface area contributed by atoms with Gasteiger partial charge in [-0.1, -0.05) is 6.07 Å². The number of aliphatic hydroxyl groups is 1. The number of H-pyrrole nitrogens is 1. The van der Waals surface area contributed by atoms with Gasteiger partial charge in [-0.25, -0.2) is 13.4 Å². The maximum absolute atomic E-state index is 12.3. The molecule has 4 heterocycles. The third-order valence-corrected chi connectivity index (χ3v) is 7.37. The number of carbonyl (C=O) groups excluding carboxylic acids is 1. The molecular weight excluding hydrogens is 480 g/mol. The van der Waals surface area contributed by atoms with E-state index in [9.17, 15) is 18.3 Å². The van der Waals surface area contributed by atoms with Crippen LogP contribution in [0.5, 0.6) is 11.5 Å². The standard InChI is InChI=1S/C26H26N4O5S/c1-16(32)30-9-3-4-24(30)20-12-22-18(10-23(29-22)21-7-5-17(15-31)13-27-21)11-25(20)35-19-6-8-26(28-14-19)36(2,33)34/h5-8,10-14,24,29,31H,3-4,9,15H2,1-2H3. The van der Waals surface area contributed by atoms with Crippen molar-refractivity contribution in [1.82, 2.24) is 19.9 Å². The lowest BCUT2D eigenvalue weighted by Crippen LogP contribution is -2.28. The van der Waals surface area contributed by atoms with Crippen LogP contribution in [0.3, 0.4) is 0 Å². The Kier molecular flexibility index (Phi) is 6.23. The molecule has 1 aliphatic heterocycles. The second kappa shape index (κ2) is 9.36. The Bertz CT molecular complexity index is 1530. The monoisotopic (exact) mass is 506 g/mol. The molecule has 5 rings (SSSR count). The van der Waals surface area contributed by atoms with Crippen molar-refractivity contribution in [3.63, 3.8) is 0 Å². The van der Waals surface area contributed by atoms with Crippen molar-refractivity contribution < 1.29 is 23.1 Å². The number of amides is 1. The highest BCUT2D eigenvalue weighted by Gasteiger charge is 2.31.